The molecule has 2 nitrogen and oxygen atoms in total. The molecule has 0 heterocycles. The van der Waals surface area contributed by atoms with Gasteiger partial charge in [0.2, 0.25) is 0 Å². The first-order valence-corrected chi connectivity index (χ1v) is 5.96. The van der Waals surface area contributed by atoms with Gasteiger partial charge in [-0.1, -0.05) is 29.8 Å². The molecule has 0 bridgehead atoms. The van der Waals surface area contributed by atoms with Crippen LogP contribution in [0.3, 0.4) is 0 Å². The van der Waals surface area contributed by atoms with Gasteiger partial charge in [-0.2, -0.15) is 0 Å². The highest BCUT2D eigenvalue weighted by Gasteiger charge is 1.98. The molecule has 2 rings (SSSR count). The van der Waals surface area contributed by atoms with Gasteiger partial charge in [-0.05, 0) is 42.3 Å². The van der Waals surface area contributed by atoms with Crippen molar-refractivity contribution in [3.8, 4) is 0 Å². The van der Waals surface area contributed by atoms with Gasteiger partial charge >= 0.3 is 0 Å². The van der Waals surface area contributed by atoms with Crippen molar-refractivity contribution in [3.05, 3.63) is 59.1 Å². The molecular weight excluding hydrogens is 232 g/mol. The summed E-state index contributed by atoms with van der Waals surface area (Å²) < 4.78 is 0. The first-order chi connectivity index (χ1) is 8.25. The SMILES string of the molecule is Nc1ccc(NCCc2ccccc2Cl)cc1. The van der Waals surface area contributed by atoms with E-state index in [0.717, 1.165) is 34.9 Å². The van der Waals surface area contributed by atoms with Crippen molar-refractivity contribution in [3.63, 3.8) is 0 Å². The standard InChI is InChI=1S/C14H15ClN2/c15-14-4-2-1-3-11(14)9-10-17-13-7-5-12(16)6-8-13/h1-8,17H,9-10,16H2. The van der Waals surface area contributed by atoms with E-state index in [1.165, 1.54) is 0 Å². The summed E-state index contributed by atoms with van der Waals surface area (Å²) in [6.45, 7) is 0.855. The average Bonchev–Trinajstić information content (AvgIpc) is 2.34. The van der Waals surface area contributed by atoms with Crippen LogP contribution in [0.5, 0.6) is 0 Å². The van der Waals surface area contributed by atoms with Gasteiger partial charge in [-0.25, -0.2) is 0 Å². The molecule has 3 heteroatoms. The average molecular weight is 247 g/mol. The van der Waals surface area contributed by atoms with Crippen molar-refractivity contribution in [2.75, 3.05) is 17.6 Å². The highest BCUT2D eigenvalue weighted by molar-refractivity contribution is 6.31. The summed E-state index contributed by atoms with van der Waals surface area (Å²) in [4.78, 5) is 0. The Bertz CT molecular complexity index is 480. The third-order valence-electron chi connectivity index (χ3n) is 2.59. The van der Waals surface area contributed by atoms with Crippen LogP contribution in [0.4, 0.5) is 11.4 Å². The summed E-state index contributed by atoms with van der Waals surface area (Å²) >= 11 is 6.08. The number of benzene rings is 2. The van der Waals surface area contributed by atoms with Gasteiger partial charge in [0.25, 0.3) is 0 Å². The predicted molar refractivity (Wildman–Crippen MR) is 74.5 cm³/mol. The summed E-state index contributed by atoms with van der Waals surface area (Å²) in [5, 5.41) is 4.16. The summed E-state index contributed by atoms with van der Waals surface area (Å²) in [6.07, 6.45) is 0.907. The molecule has 0 aliphatic heterocycles. The Labute approximate surface area is 106 Å². The minimum atomic E-state index is 0.779. The molecule has 0 aromatic heterocycles. The van der Waals surface area contributed by atoms with E-state index in [0.29, 0.717) is 0 Å². The number of nitrogen functional groups attached to an aromatic ring is 1. The maximum Gasteiger partial charge on any atom is 0.0438 e. The Morgan fingerprint density at radius 2 is 1.71 bits per heavy atom. The third-order valence-corrected chi connectivity index (χ3v) is 2.96. The van der Waals surface area contributed by atoms with Gasteiger partial charge < -0.3 is 11.1 Å². The van der Waals surface area contributed by atoms with Crippen LogP contribution in [0, 0.1) is 0 Å². The molecule has 0 saturated heterocycles. The zero-order valence-electron chi connectivity index (χ0n) is 9.49. The van der Waals surface area contributed by atoms with Crippen LogP contribution in [0.15, 0.2) is 48.5 Å². The molecule has 0 aliphatic carbocycles. The molecule has 0 amide bonds. The summed E-state index contributed by atoms with van der Waals surface area (Å²) in [6, 6.07) is 15.6. The number of nitrogens with two attached hydrogens (primary N) is 1. The van der Waals surface area contributed by atoms with E-state index in [2.05, 4.69) is 5.32 Å². The largest absolute Gasteiger partial charge is 0.399 e. The minimum absolute atomic E-state index is 0.779. The molecule has 2 aromatic carbocycles. The smallest absolute Gasteiger partial charge is 0.0438 e. The van der Waals surface area contributed by atoms with Gasteiger partial charge in [0, 0.05) is 22.9 Å². The van der Waals surface area contributed by atoms with E-state index in [4.69, 9.17) is 17.3 Å². The predicted octanol–water partition coefficient (Wildman–Crippen LogP) is 3.58. The zero-order valence-corrected chi connectivity index (χ0v) is 10.2. The Hall–Kier alpha value is -1.67. The lowest BCUT2D eigenvalue weighted by Crippen LogP contribution is -2.05. The second-order valence-corrected chi connectivity index (χ2v) is 4.30. The van der Waals surface area contributed by atoms with Crippen LogP contribution in [0.2, 0.25) is 5.02 Å². The second-order valence-electron chi connectivity index (χ2n) is 3.89. The van der Waals surface area contributed by atoms with E-state index in [1.54, 1.807) is 0 Å². The van der Waals surface area contributed by atoms with Crippen LogP contribution in [-0.4, -0.2) is 6.54 Å². The first kappa shape index (κ1) is 11.8. The fourth-order valence-corrected chi connectivity index (χ4v) is 1.87. The number of nitrogens with one attached hydrogen (secondary N) is 1. The molecule has 0 unspecified atom stereocenters. The number of hydrogen-bond acceptors (Lipinski definition) is 2. The maximum absolute atomic E-state index is 6.08. The van der Waals surface area contributed by atoms with Crippen molar-refractivity contribution in [1.82, 2.24) is 0 Å². The van der Waals surface area contributed by atoms with Crippen LogP contribution in [0.25, 0.3) is 0 Å². The van der Waals surface area contributed by atoms with Crippen LogP contribution in [-0.2, 0) is 6.42 Å². The number of rotatable bonds is 4. The molecule has 3 N–H and O–H groups in total. The van der Waals surface area contributed by atoms with Gasteiger partial charge in [-0.3, -0.25) is 0 Å². The molecule has 0 atom stereocenters. The van der Waals surface area contributed by atoms with E-state index in [-0.39, 0.29) is 0 Å². The number of hydrogen-bond donors (Lipinski definition) is 2. The molecule has 0 saturated carbocycles. The summed E-state index contributed by atoms with van der Waals surface area (Å²) in [5.41, 5.74) is 8.64. The fourth-order valence-electron chi connectivity index (χ4n) is 1.64. The Morgan fingerprint density at radius 1 is 1.00 bits per heavy atom. The number of halogens is 1. The van der Waals surface area contributed by atoms with E-state index >= 15 is 0 Å². The lowest BCUT2D eigenvalue weighted by Gasteiger charge is -2.07. The normalized spacial score (nSPS) is 10.2. The van der Waals surface area contributed by atoms with Crippen molar-refractivity contribution >= 4 is 23.0 Å². The van der Waals surface area contributed by atoms with Crippen LogP contribution < -0.4 is 11.1 Å². The monoisotopic (exact) mass is 246 g/mol. The topological polar surface area (TPSA) is 38.0 Å². The third kappa shape index (κ3) is 3.40. The van der Waals surface area contributed by atoms with Crippen molar-refractivity contribution < 1.29 is 0 Å². The summed E-state index contributed by atoms with van der Waals surface area (Å²) in [7, 11) is 0. The van der Waals surface area contributed by atoms with Gasteiger partial charge in [-0.15, -0.1) is 0 Å². The molecular formula is C14H15ClN2. The lowest BCUT2D eigenvalue weighted by atomic mass is 10.1. The summed E-state index contributed by atoms with van der Waals surface area (Å²) in [5.74, 6) is 0. The molecule has 88 valence electrons. The molecule has 17 heavy (non-hydrogen) atoms. The zero-order chi connectivity index (χ0) is 12.1. The quantitative estimate of drug-likeness (QED) is 0.810. The molecule has 0 fully saturated rings. The maximum atomic E-state index is 6.08. The molecule has 2 aromatic rings. The van der Waals surface area contributed by atoms with Crippen molar-refractivity contribution in [2.45, 2.75) is 6.42 Å². The van der Waals surface area contributed by atoms with Crippen molar-refractivity contribution in [1.29, 1.82) is 0 Å². The van der Waals surface area contributed by atoms with Crippen molar-refractivity contribution in [2.24, 2.45) is 0 Å². The number of anilines is 2. The highest BCUT2D eigenvalue weighted by atomic mass is 35.5. The first-order valence-electron chi connectivity index (χ1n) is 5.58. The Kier molecular flexibility index (Phi) is 3.89. The Morgan fingerprint density at radius 3 is 2.41 bits per heavy atom. The fraction of sp³-hybridized carbons (Fsp3) is 0.143. The van der Waals surface area contributed by atoms with E-state index in [1.807, 2.05) is 48.5 Å². The molecule has 0 aliphatic rings. The van der Waals surface area contributed by atoms with Gasteiger partial charge in [0.05, 0.1) is 0 Å². The van der Waals surface area contributed by atoms with Gasteiger partial charge in [0.1, 0.15) is 0 Å². The Balaban J connectivity index is 1.88. The van der Waals surface area contributed by atoms with Crippen LogP contribution >= 0.6 is 11.6 Å². The highest BCUT2D eigenvalue weighted by Crippen LogP contribution is 2.16. The lowest BCUT2D eigenvalue weighted by molar-refractivity contribution is 1.02. The molecule has 0 spiro atoms. The minimum Gasteiger partial charge on any atom is -0.399 e. The van der Waals surface area contributed by atoms with Gasteiger partial charge in [0.15, 0.2) is 0 Å². The van der Waals surface area contributed by atoms with E-state index < -0.39 is 0 Å². The van der Waals surface area contributed by atoms with E-state index in [9.17, 15) is 0 Å². The second kappa shape index (κ2) is 5.60. The van der Waals surface area contributed by atoms with Crippen LogP contribution in [0.1, 0.15) is 5.56 Å². The molecule has 0 radical (unpaired) electrons.